The van der Waals surface area contributed by atoms with E-state index in [1.165, 1.54) is 0 Å². The van der Waals surface area contributed by atoms with E-state index in [0.717, 1.165) is 28.0 Å². The molecule has 2 heterocycles. The Bertz CT molecular complexity index is 879. The Morgan fingerprint density at radius 1 is 1.12 bits per heavy atom. The van der Waals surface area contributed by atoms with Gasteiger partial charge in [0.15, 0.2) is 0 Å². The summed E-state index contributed by atoms with van der Waals surface area (Å²) in [6.07, 6.45) is 3.14. The van der Waals surface area contributed by atoms with Crippen LogP contribution in [-0.4, -0.2) is 21.6 Å². The van der Waals surface area contributed by atoms with E-state index >= 15 is 0 Å². The fourth-order valence-corrected chi connectivity index (χ4v) is 3.11. The molecule has 0 radical (unpaired) electrons. The molecule has 0 spiro atoms. The summed E-state index contributed by atoms with van der Waals surface area (Å²) in [7, 11) is 0. The number of hydrogen-bond donors (Lipinski definition) is 1. The summed E-state index contributed by atoms with van der Waals surface area (Å²) < 4.78 is 7.30. The second-order valence-electron chi connectivity index (χ2n) is 6.45. The van der Waals surface area contributed by atoms with Gasteiger partial charge in [0, 0.05) is 6.20 Å². The van der Waals surface area contributed by atoms with Gasteiger partial charge in [-0.1, -0.05) is 24.3 Å². The van der Waals surface area contributed by atoms with Crippen LogP contribution in [0.5, 0.6) is 0 Å². The number of ether oxygens (including phenoxy) is 1. The van der Waals surface area contributed by atoms with E-state index in [-0.39, 0.29) is 12.1 Å². The Balaban J connectivity index is 2.10. The molecule has 5 nitrogen and oxygen atoms in total. The molecule has 0 bridgehead atoms. The molecule has 1 unspecified atom stereocenters. The Labute approximate surface area is 147 Å². The Morgan fingerprint density at radius 3 is 2.52 bits per heavy atom. The SMILES string of the molecule is Cc1cccc(C)c1C(NC(=O)OC(C)C)c1cnc2ccccn12. The number of aryl methyl sites for hydroxylation is 2. The number of aromatic nitrogens is 2. The van der Waals surface area contributed by atoms with Crippen LogP contribution >= 0.6 is 0 Å². The van der Waals surface area contributed by atoms with E-state index in [1.807, 2.05) is 80.9 Å². The Morgan fingerprint density at radius 2 is 1.84 bits per heavy atom. The highest BCUT2D eigenvalue weighted by Crippen LogP contribution is 2.28. The van der Waals surface area contributed by atoms with E-state index in [1.54, 1.807) is 0 Å². The normalized spacial score (nSPS) is 12.4. The number of carbonyl (C=O) groups excluding carboxylic acids is 1. The average Bonchev–Trinajstić information content (AvgIpc) is 2.97. The van der Waals surface area contributed by atoms with Gasteiger partial charge in [0.25, 0.3) is 0 Å². The molecule has 0 aliphatic heterocycles. The summed E-state index contributed by atoms with van der Waals surface area (Å²) in [6, 6.07) is 11.6. The van der Waals surface area contributed by atoms with Crippen LogP contribution in [0.15, 0.2) is 48.8 Å². The van der Waals surface area contributed by atoms with E-state index in [0.29, 0.717) is 0 Å². The first-order valence-electron chi connectivity index (χ1n) is 8.42. The van der Waals surface area contributed by atoms with Gasteiger partial charge in [-0.3, -0.25) is 0 Å². The zero-order valence-electron chi connectivity index (χ0n) is 15.0. The molecule has 5 heteroatoms. The molecule has 1 N–H and O–H groups in total. The average molecular weight is 337 g/mol. The van der Waals surface area contributed by atoms with Gasteiger partial charge in [0.05, 0.1) is 18.0 Å². The minimum atomic E-state index is -0.437. The molecule has 2 aromatic heterocycles. The van der Waals surface area contributed by atoms with Gasteiger partial charge in [0.1, 0.15) is 11.7 Å². The first-order valence-corrected chi connectivity index (χ1v) is 8.42. The molecular weight excluding hydrogens is 314 g/mol. The van der Waals surface area contributed by atoms with Crippen molar-refractivity contribution in [2.24, 2.45) is 0 Å². The predicted molar refractivity (Wildman–Crippen MR) is 97.7 cm³/mol. The highest BCUT2D eigenvalue weighted by molar-refractivity contribution is 5.69. The Kier molecular flexibility index (Phi) is 4.74. The summed E-state index contributed by atoms with van der Waals surface area (Å²) in [5.74, 6) is 0. The Hall–Kier alpha value is -2.82. The van der Waals surface area contributed by atoms with Crippen molar-refractivity contribution in [3.63, 3.8) is 0 Å². The van der Waals surface area contributed by atoms with Crippen LogP contribution in [0.4, 0.5) is 4.79 Å². The van der Waals surface area contributed by atoms with E-state index in [9.17, 15) is 4.79 Å². The molecule has 0 fully saturated rings. The minimum absolute atomic E-state index is 0.180. The third-order valence-electron chi connectivity index (χ3n) is 4.18. The number of hydrogen-bond acceptors (Lipinski definition) is 3. The fraction of sp³-hybridized carbons (Fsp3) is 0.300. The monoisotopic (exact) mass is 337 g/mol. The number of carbonyl (C=O) groups is 1. The maximum absolute atomic E-state index is 12.3. The summed E-state index contributed by atoms with van der Waals surface area (Å²) in [4.78, 5) is 16.8. The molecule has 0 saturated heterocycles. The first-order chi connectivity index (χ1) is 12.0. The maximum Gasteiger partial charge on any atom is 0.408 e. The van der Waals surface area contributed by atoms with E-state index in [4.69, 9.17) is 4.74 Å². The van der Waals surface area contributed by atoms with Gasteiger partial charge in [-0.2, -0.15) is 0 Å². The number of fused-ring (bicyclic) bond motifs is 1. The molecule has 3 rings (SSSR count). The summed E-state index contributed by atoms with van der Waals surface area (Å²) in [5, 5.41) is 3.02. The molecule has 1 atom stereocenters. The van der Waals surface area contributed by atoms with Gasteiger partial charge in [-0.05, 0) is 56.5 Å². The van der Waals surface area contributed by atoms with Gasteiger partial charge >= 0.3 is 6.09 Å². The number of pyridine rings is 1. The van der Waals surface area contributed by atoms with Crippen molar-refractivity contribution in [2.45, 2.75) is 39.8 Å². The van der Waals surface area contributed by atoms with Crippen LogP contribution in [0, 0.1) is 13.8 Å². The molecule has 0 aliphatic rings. The van der Waals surface area contributed by atoms with Gasteiger partial charge < -0.3 is 14.5 Å². The molecule has 0 aliphatic carbocycles. The van der Waals surface area contributed by atoms with Crippen molar-refractivity contribution in [3.8, 4) is 0 Å². The van der Waals surface area contributed by atoms with E-state index < -0.39 is 6.09 Å². The highest BCUT2D eigenvalue weighted by atomic mass is 16.6. The lowest BCUT2D eigenvalue weighted by molar-refractivity contribution is 0.113. The molecule has 1 aromatic carbocycles. The number of nitrogens with one attached hydrogen (secondary N) is 1. The molecule has 130 valence electrons. The lowest BCUT2D eigenvalue weighted by Crippen LogP contribution is -2.33. The number of nitrogens with zero attached hydrogens (tertiary/aromatic N) is 2. The second kappa shape index (κ2) is 6.97. The number of amides is 1. The zero-order valence-corrected chi connectivity index (χ0v) is 15.0. The number of rotatable bonds is 4. The van der Waals surface area contributed by atoms with Gasteiger partial charge in [0.2, 0.25) is 0 Å². The van der Waals surface area contributed by atoms with Crippen LogP contribution in [0.3, 0.4) is 0 Å². The lowest BCUT2D eigenvalue weighted by atomic mass is 9.94. The quantitative estimate of drug-likeness (QED) is 0.777. The molecule has 3 aromatic rings. The van der Waals surface area contributed by atoms with Crippen LogP contribution < -0.4 is 5.32 Å². The fourth-order valence-electron chi connectivity index (χ4n) is 3.11. The third-order valence-corrected chi connectivity index (χ3v) is 4.18. The number of alkyl carbamates (subject to hydrolysis) is 1. The summed E-state index contributed by atoms with van der Waals surface area (Å²) in [5.41, 5.74) is 5.02. The van der Waals surface area contributed by atoms with Crippen molar-refractivity contribution >= 4 is 11.7 Å². The van der Waals surface area contributed by atoms with Crippen molar-refractivity contribution in [1.29, 1.82) is 0 Å². The van der Waals surface area contributed by atoms with Crippen LogP contribution in [0.2, 0.25) is 0 Å². The van der Waals surface area contributed by atoms with Crippen LogP contribution in [-0.2, 0) is 4.74 Å². The summed E-state index contributed by atoms with van der Waals surface area (Å²) >= 11 is 0. The lowest BCUT2D eigenvalue weighted by Gasteiger charge is -2.23. The third kappa shape index (κ3) is 3.50. The maximum atomic E-state index is 12.3. The molecular formula is C20H23N3O2. The standard InChI is InChI=1S/C20H23N3O2/c1-13(2)25-20(24)22-19(18-14(3)8-7-9-15(18)4)16-12-21-17-10-5-6-11-23(16)17/h5-13,19H,1-4H3,(H,22,24). The first kappa shape index (κ1) is 17.0. The minimum Gasteiger partial charge on any atom is -0.447 e. The topological polar surface area (TPSA) is 55.6 Å². The van der Waals surface area contributed by atoms with Gasteiger partial charge in [-0.25, -0.2) is 9.78 Å². The van der Waals surface area contributed by atoms with Crippen LogP contribution in [0.1, 0.15) is 42.3 Å². The largest absolute Gasteiger partial charge is 0.447 e. The molecule has 25 heavy (non-hydrogen) atoms. The summed E-state index contributed by atoms with van der Waals surface area (Å²) in [6.45, 7) is 7.77. The van der Waals surface area contributed by atoms with Crippen LogP contribution in [0.25, 0.3) is 5.65 Å². The smallest absolute Gasteiger partial charge is 0.408 e. The van der Waals surface area contributed by atoms with Gasteiger partial charge in [-0.15, -0.1) is 0 Å². The number of benzene rings is 1. The van der Waals surface area contributed by atoms with E-state index in [2.05, 4.69) is 10.3 Å². The number of imidazole rings is 1. The molecule has 0 saturated carbocycles. The van der Waals surface area contributed by atoms with Crippen molar-refractivity contribution in [3.05, 3.63) is 71.2 Å². The predicted octanol–water partition coefficient (Wildman–Crippen LogP) is 4.18. The second-order valence-corrected chi connectivity index (χ2v) is 6.45. The van der Waals surface area contributed by atoms with Crippen molar-refractivity contribution in [2.75, 3.05) is 0 Å². The zero-order chi connectivity index (χ0) is 18.0. The van der Waals surface area contributed by atoms with Crippen molar-refractivity contribution < 1.29 is 9.53 Å². The highest BCUT2D eigenvalue weighted by Gasteiger charge is 2.24. The molecule has 1 amide bonds. The van der Waals surface area contributed by atoms with Crippen molar-refractivity contribution in [1.82, 2.24) is 14.7 Å².